The summed E-state index contributed by atoms with van der Waals surface area (Å²) >= 11 is 12.5. The number of thiazole rings is 1. The number of hydrogen-bond donors (Lipinski definition) is 0. The molecule has 0 amide bonds. The van der Waals surface area contributed by atoms with Gasteiger partial charge in [0.05, 0.1) is 22.6 Å². The maximum atomic E-state index is 12.9. The lowest BCUT2D eigenvalue weighted by Crippen LogP contribution is -2.06. The van der Waals surface area contributed by atoms with Gasteiger partial charge < -0.3 is 4.57 Å². The summed E-state index contributed by atoms with van der Waals surface area (Å²) in [7, 11) is 0. The van der Waals surface area contributed by atoms with Gasteiger partial charge in [-0.25, -0.2) is 19.9 Å². The van der Waals surface area contributed by atoms with Crippen LogP contribution in [0.2, 0.25) is 9.49 Å². The second-order valence-electron chi connectivity index (χ2n) is 4.37. The molecule has 3 heterocycles. The Bertz CT molecular complexity index is 828. The highest BCUT2D eigenvalue weighted by Crippen LogP contribution is 2.33. The van der Waals surface area contributed by atoms with E-state index < -0.39 is 11.9 Å². The third-order valence-electron chi connectivity index (χ3n) is 2.75. The molecule has 3 rings (SSSR count). The van der Waals surface area contributed by atoms with Gasteiger partial charge in [-0.15, -0.1) is 0 Å². The Morgan fingerprint density at radius 2 is 1.78 bits per heavy atom. The average Bonchev–Trinajstić information content (AvgIpc) is 3.07. The van der Waals surface area contributed by atoms with Gasteiger partial charge >= 0.3 is 6.18 Å². The number of hydrogen-bond acceptors (Lipinski definition) is 5. The molecule has 3 aromatic rings. The van der Waals surface area contributed by atoms with E-state index in [2.05, 4.69) is 19.9 Å². The molecule has 5 nitrogen and oxygen atoms in total. The number of aromatic nitrogens is 5. The third kappa shape index (κ3) is 3.62. The van der Waals surface area contributed by atoms with Gasteiger partial charge in [0, 0.05) is 18.6 Å². The van der Waals surface area contributed by atoms with Crippen LogP contribution in [-0.4, -0.2) is 24.5 Å². The molecule has 0 aliphatic carbocycles. The Morgan fingerprint density at radius 3 is 2.35 bits per heavy atom. The molecule has 0 spiro atoms. The monoisotopic (exact) mass is 379 g/mol. The summed E-state index contributed by atoms with van der Waals surface area (Å²) in [6, 6.07) is 0. The minimum atomic E-state index is -4.56. The predicted molar refractivity (Wildman–Crippen MR) is 79.5 cm³/mol. The van der Waals surface area contributed by atoms with Crippen LogP contribution in [0, 0.1) is 0 Å². The standard InChI is InChI=1S/C12H6Cl2F3N5S/c13-6-1-18-9(19-2-6)5-22-4-8(12(15,16)17)21-10(22)7-3-20-11(14)23-7/h1-4H,5H2. The summed E-state index contributed by atoms with van der Waals surface area (Å²) in [5, 5.41) is 0.338. The molecule has 0 fully saturated rings. The summed E-state index contributed by atoms with van der Waals surface area (Å²) in [6.45, 7) is 0.00506. The maximum absolute atomic E-state index is 12.9. The van der Waals surface area contributed by atoms with Crippen molar-refractivity contribution < 1.29 is 13.2 Å². The topological polar surface area (TPSA) is 56.5 Å². The first-order valence-electron chi connectivity index (χ1n) is 6.05. The van der Waals surface area contributed by atoms with Crippen molar-refractivity contribution in [2.24, 2.45) is 0 Å². The molecule has 0 bridgehead atoms. The number of nitrogens with zero attached hydrogens (tertiary/aromatic N) is 5. The molecule has 0 radical (unpaired) electrons. The van der Waals surface area contributed by atoms with E-state index in [-0.39, 0.29) is 16.8 Å². The zero-order chi connectivity index (χ0) is 16.6. The second kappa shape index (κ2) is 6.06. The summed E-state index contributed by atoms with van der Waals surface area (Å²) in [5.74, 6) is 0.401. The SMILES string of the molecule is FC(F)(F)c1cn(Cc2ncc(Cl)cn2)c(-c2cnc(Cl)s2)n1. The normalized spacial score (nSPS) is 11.9. The second-order valence-corrected chi connectivity index (χ2v) is 6.42. The molecule has 0 aliphatic rings. The highest BCUT2D eigenvalue weighted by Gasteiger charge is 2.35. The zero-order valence-corrected chi connectivity index (χ0v) is 13.4. The molecule has 0 unspecified atom stereocenters. The van der Waals surface area contributed by atoms with Crippen LogP contribution in [0.15, 0.2) is 24.8 Å². The smallest absolute Gasteiger partial charge is 0.322 e. The minimum absolute atomic E-state index is 0.00506. The molecule has 11 heteroatoms. The van der Waals surface area contributed by atoms with E-state index in [1.54, 1.807) is 0 Å². The van der Waals surface area contributed by atoms with Crippen molar-refractivity contribution >= 4 is 34.5 Å². The predicted octanol–water partition coefficient (Wildman–Crippen LogP) is 4.17. The van der Waals surface area contributed by atoms with Crippen LogP contribution >= 0.6 is 34.5 Å². The highest BCUT2D eigenvalue weighted by atomic mass is 35.5. The molecule has 0 atom stereocenters. The van der Waals surface area contributed by atoms with Gasteiger partial charge in [-0.1, -0.05) is 34.5 Å². The molecule has 0 N–H and O–H groups in total. The fraction of sp³-hybridized carbons (Fsp3) is 0.167. The maximum Gasteiger partial charge on any atom is 0.434 e. The highest BCUT2D eigenvalue weighted by molar-refractivity contribution is 7.18. The van der Waals surface area contributed by atoms with E-state index in [0.717, 1.165) is 17.5 Å². The van der Waals surface area contributed by atoms with Crippen LogP contribution in [0.25, 0.3) is 10.7 Å². The number of rotatable bonds is 3. The zero-order valence-electron chi connectivity index (χ0n) is 11.1. The molecule has 0 saturated heterocycles. The fourth-order valence-corrected chi connectivity index (χ4v) is 2.84. The van der Waals surface area contributed by atoms with Crippen molar-refractivity contribution in [2.45, 2.75) is 12.7 Å². The Balaban J connectivity index is 2.03. The van der Waals surface area contributed by atoms with Gasteiger partial charge in [0.2, 0.25) is 0 Å². The molecule has 23 heavy (non-hydrogen) atoms. The Kier molecular flexibility index (Phi) is 4.26. The quantitative estimate of drug-likeness (QED) is 0.685. The van der Waals surface area contributed by atoms with Crippen LogP contribution in [0.3, 0.4) is 0 Å². The van der Waals surface area contributed by atoms with Gasteiger partial charge in [-0.3, -0.25) is 0 Å². The summed E-state index contributed by atoms with van der Waals surface area (Å²) in [6.07, 6.45) is 0.453. The van der Waals surface area contributed by atoms with Crippen molar-refractivity contribution in [3.63, 3.8) is 0 Å². The van der Waals surface area contributed by atoms with E-state index in [4.69, 9.17) is 23.2 Å². The van der Waals surface area contributed by atoms with Crippen molar-refractivity contribution in [1.82, 2.24) is 24.5 Å². The van der Waals surface area contributed by atoms with Crippen LogP contribution in [0.1, 0.15) is 11.5 Å². The molecule has 3 aromatic heterocycles. The first-order chi connectivity index (χ1) is 10.8. The van der Waals surface area contributed by atoms with Gasteiger partial charge in [0.25, 0.3) is 0 Å². The van der Waals surface area contributed by atoms with Crippen LogP contribution in [-0.2, 0) is 12.7 Å². The van der Waals surface area contributed by atoms with Gasteiger partial charge in [0.15, 0.2) is 16.0 Å². The van der Waals surface area contributed by atoms with Crippen LogP contribution < -0.4 is 0 Å². The summed E-state index contributed by atoms with van der Waals surface area (Å²) < 4.78 is 40.3. The lowest BCUT2D eigenvalue weighted by molar-refractivity contribution is -0.140. The van der Waals surface area contributed by atoms with Crippen molar-refractivity contribution in [3.05, 3.63) is 45.8 Å². The van der Waals surface area contributed by atoms with Crippen LogP contribution in [0.4, 0.5) is 13.2 Å². The number of halogens is 5. The minimum Gasteiger partial charge on any atom is -0.322 e. The summed E-state index contributed by atoms with van der Waals surface area (Å²) in [5.41, 5.74) is -1.01. The van der Waals surface area contributed by atoms with E-state index in [9.17, 15) is 13.2 Å². The first-order valence-corrected chi connectivity index (χ1v) is 7.62. The average molecular weight is 380 g/mol. The lowest BCUT2D eigenvalue weighted by Gasteiger charge is -2.04. The van der Waals surface area contributed by atoms with Crippen molar-refractivity contribution in [1.29, 1.82) is 0 Å². The summed E-state index contributed by atoms with van der Waals surface area (Å²) in [4.78, 5) is 15.8. The van der Waals surface area contributed by atoms with E-state index >= 15 is 0 Å². The number of alkyl halides is 3. The molecular formula is C12H6Cl2F3N5S. The van der Waals surface area contributed by atoms with Crippen molar-refractivity contribution in [3.8, 4) is 10.7 Å². The molecule has 120 valence electrons. The molecule has 0 aliphatic heterocycles. The Hall–Kier alpha value is -1.71. The number of imidazole rings is 1. The molecular weight excluding hydrogens is 374 g/mol. The van der Waals surface area contributed by atoms with Gasteiger partial charge in [0.1, 0.15) is 5.82 Å². The molecule has 0 saturated carbocycles. The molecule has 0 aromatic carbocycles. The lowest BCUT2D eigenvalue weighted by atomic mass is 10.4. The Morgan fingerprint density at radius 1 is 1.09 bits per heavy atom. The third-order valence-corrected chi connectivity index (χ3v) is 4.06. The Labute approximate surface area is 141 Å². The fourth-order valence-electron chi connectivity index (χ4n) is 1.80. The van der Waals surface area contributed by atoms with Gasteiger partial charge in [-0.2, -0.15) is 13.2 Å². The van der Waals surface area contributed by atoms with Gasteiger partial charge in [-0.05, 0) is 0 Å². The largest absolute Gasteiger partial charge is 0.434 e. The van der Waals surface area contributed by atoms with E-state index in [0.29, 0.717) is 15.7 Å². The first kappa shape index (κ1) is 16.2. The van der Waals surface area contributed by atoms with E-state index in [1.807, 2.05) is 0 Å². The van der Waals surface area contributed by atoms with Crippen LogP contribution in [0.5, 0.6) is 0 Å². The van der Waals surface area contributed by atoms with Crippen molar-refractivity contribution in [2.75, 3.05) is 0 Å². The van der Waals surface area contributed by atoms with E-state index in [1.165, 1.54) is 23.2 Å².